The van der Waals surface area contributed by atoms with Crippen molar-refractivity contribution in [1.82, 2.24) is 4.98 Å². The molecule has 0 spiro atoms. The Balaban J connectivity index is 1.77. The zero-order valence-corrected chi connectivity index (χ0v) is 12.4. The number of aromatic carboxylic acids is 1. The molecule has 0 atom stereocenters. The fourth-order valence-corrected chi connectivity index (χ4v) is 3.43. The number of fused-ring (bicyclic) bond motifs is 1. The maximum absolute atomic E-state index is 11.4. The molecular weight excluding hydrogens is 266 g/mol. The number of ether oxygens (including phenoxy) is 1. The first-order valence-corrected chi connectivity index (χ1v) is 8.13. The number of rotatable bonds is 4. The van der Waals surface area contributed by atoms with Gasteiger partial charge in [-0.15, -0.1) is 0 Å². The summed E-state index contributed by atoms with van der Waals surface area (Å²) in [6, 6.07) is 1.78. The number of aromatic nitrogens is 1. The van der Waals surface area contributed by atoms with Crippen molar-refractivity contribution < 1.29 is 14.6 Å². The van der Waals surface area contributed by atoms with Gasteiger partial charge in [-0.1, -0.05) is 19.3 Å². The second-order valence-corrected chi connectivity index (χ2v) is 6.27. The minimum Gasteiger partial charge on any atom is -0.477 e. The van der Waals surface area contributed by atoms with E-state index >= 15 is 0 Å². The van der Waals surface area contributed by atoms with Crippen LogP contribution in [0.3, 0.4) is 0 Å². The Morgan fingerprint density at radius 3 is 2.71 bits per heavy atom. The first kappa shape index (κ1) is 14.4. The van der Waals surface area contributed by atoms with Crippen LogP contribution in [-0.2, 0) is 12.8 Å². The molecule has 1 N–H and O–H groups in total. The lowest BCUT2D eigenvalue weighted by Crippen LogP contribution is -2.18. The maximum atomic E-state index is 11.4. The molecule has 4 nitrogen and oxygen atoms in total. The summed E-state index contributed by atoms with van der Waals surface area (Å²) in [7, 11) is 0. The highest BCUT2D eigenvalue weighted by molar-refractivity contribution is 5.90. The fraction of sp³-hybridized carbons (Fsp3) is 0.647. The Morgan fingerprint density at radius 2 is 1.95 bits per heavy atom. The molecule has 1 aromatic rings. The maximum Gasteiger partial charge on any atom is 0.341 e. The molecule has 0 aromatic carbocycles. The number of carboxylic acid groups (broad SMARTS) is 1. The standard InChI is InChI=1S/C17H23NO3/c19-17(20)14-10-13-8-4-5-9-15(13)18-16(14)21-11-12-6-2-1-3-7-12/h10,12H,1-9,11H2,(H,19,20). The van der Waals surface area contributed by atoms with Crippen molar-refractivity contribution in [1.29, 1.82) is 0 Å². The third kappa shape index (κ3) is 3.36. The van der Waals surface area contributed by atoms with E-state index in [0.29, 0.717) is 18.4 Å². The average Bonchev–Trinajstić information content (AvgIpc) is 2.53. The average molecular weight is 289 g/mol. The largest absolute Gasteiger partial charge is 0.477 e. The van der Waals surface area contributed by atoms with Crippen molar-refractivity contribution in [2.45, 2.75) is 57.8 Å². The third-order valence-electron chi connectivity index (χ3n) is 4.68. The highest BCUT2D eigenvalue weighted by Gasteiger charge is 2.21. The Hall–Kier alpha value is -1.58. The van der Waals surface area contributed by atoms with E-state index in [1.165, 1.54) is 32.1 Å². The molecule has 4 heteroatoms. The highest BCUT2D eigenvalue weighted by atomic mass is 16.5. The van der Waals surface area contributed by atoms with Gasteiger partial charge < -0.3 is 9.84 Å². The zero-order chi connectivity index (χ0) is 14.7. The fourth-order valence-electron chi connectivity index (χ4n) is 3.43. The summed E-state index contributed by atoms with van der Waals surface area (Å²) < 4.78 is 5.81. The van der Waals surface area contributed by atoms with E-state index < -0.39 is 5.97 Å². The zero-order valence-electron chi connectivity index (χ0n) is 12.4. The van der Waals surface area contributed by atoms with Gasteiger partial charge in [-0.3, -0.25) is 0 Å². The van der Waals surface area contributed by atoms with Crippen LogP contribution in [0.25, 0.3) is 0 Å². The monoisotopic (exact) mass is 289 g/mol. The highest BCUT2D eigenvalue weighted by Crippen LogP contribution is 2.28. The van der Waals surface area contributed by atoms with Gasteiger partial charge in [-0.05, 0) is 56.1 Å². The summed E-state index contributed by atoms with van der Waals surface area (Å²) in [5.74, 6) is -0.0542. The second-order valence-electron chi connectivity index (χ2n) is 6.27. The topological polar surface area (TPSA) is 59.4 Å². The van der Waals surface area contributed by atoms with Gasteiger partial charge in [0.25, 0.3) is 0 Å². The summed E-state index contributed by atoms with van der Waals surface area (Å²) in [4.78, 5) is 16.0. The smallest absolute Gasteiger partial charge is 0.341 e. The molecule has 0 radical (unpaired) electrons. The van der Waals surface area contributed by atoms with Crippen LogP contribution >= 0.6 is 0 Å². The van der Waals surface area contributed by atoms with Crippen molar-refractivity contribution in [3.8, 4) is 5.88 Å². The molecule has 0 bridgehead atoms. The van der Waals surface area contributed by atoms with Crippen LogP contribution in [0.4, 0.5) is 0 Å². The van der Waals surface area contributed by atoms with Crippen LogP contribution in [-0.4, -0.2) is 22.7 Å². The SMILES string of the molecule is O=C(O)c1cc2c(nc1OCC1CCCCC1)CCCC2. The van der Waals surface area contributed by atoms with Crippen molar-refractivity contribution >= 4 is 5.97 Å². The Morgan fingerprint density at radius 1 is 1.19 bits per heavy atom. The molecule has 114 valence electrons. The second kappa shape index (κ2) is 6.46. The lowest BCUT2D eigenvalue weighted by Gasteiger charge is -2.23. The minimum atomic E-state index is -0.936. The van der Waals surface area contributed by atoms with E-state index in [1.807, 2.05) is 0 Å². The third-order valence-corrected chi connectivity index (χ3v) is 4.68. The molecule has 2 aliphatic carbocycles. The molecule has 3 rings (SSSR count). The first-order valence-electron chi connectivity index (χ1n) is 8.13. The Labute approximate surface area is 125 Å². The summed E-state index contributed by atoms with van der Waals surface area (Å²) in [6.07, 6.45) is 10.3. The van der Waals surface area contributed by atoms with Crippen LogP contribution in [0.1, 0.15) is 66.6 Å². The molecule has 0 unspecified atom stereocenters. The van der Waals surface area contributed by atoms with Crippen LogP contribution in [0.2, 0.25) is 0 Å². The van der Waals surface area contributed by atoms with Gasteiger partial charge in [0.1, 0.15) is 5.56 Å². The number of pyridine rings is 1. The number of carbonyl (C=O) groups is 1. The number of carboxylic acids is 1. The summed E-state index contributed by atoms with van der Waals surface area (Å²) in [5.41, 5.74) is 2.35. The van der Waals surface area contributed by atoms with Gasteiger partial charge >= 0.3 is 5.97 Å². The van der Waals surface area contributed by atoms with Crippen LogP contribution < -0.4 is 4.74 Å². The molecular formula is C17H23NO3. The molecule has 21 heavy (non-hydrogen) atoms. The van der Waals surface area contributed by atoms with Crippen LogP contribution in [0.15, 0.2) is 6.07 Å². The first-order chi connectivity index (χ1) is 10.2. The molecule has 1 heterocycles. The van der Waals surface area contributed by atoms with E-state index in [2.05, 4.69) is 4.98 Å². The summed E-state index contributed by atoms with van der Waals surface area (Å²) in [6.45, 7) is 0.603. The van der Waals surface area contributed by atoms with Gasteiger partial charge in [0.05, 0.1) is 6.61 Å². The van der Waals surface area contributed by atoms with Crippen LogP contribution in [0.5, 0.6) is 5.88 Å². The summed E-state index contributed by atoms with van der Waals surface area (Å²) in [5, 5.41) is 9.38. The molecule has 0 saturated heterocycles. The molecule has 0 amide bonds. The quantitative estimate of drug-likeness (QED) is 0.919. The van der Waals surface area contributed by atoms with Gasteiger partial charge in [0.15, 0.2) is 0 Å². The van der Waals surface area contributed by atoms with Gasteiger partial charge in [0.2, 0.25) is 5.88 Å². The number of aryl methyl sites for hydroxylation is 2. The predicted molar refractivity (Wildman–Crippen MR) is 79.9 cm³/mol. The van der Waals surface area contributed by atoms with Gasteiger partial charge in [-0.25, -0.2) is 9.78 Å². The van der Waals surface area contributed by atoms with E-state index in [-0.39, 0.29) is 5.56 Å². The summed E-state index contributed by atoms with van der Waals surface area (Å²) >= 11 is 0. The number of hydrogen-bond donors (Lipinski definition) is 1. The molecule has 1 saturated carbocycles. The van der Waals surface area contributed by atoms with Gasteiger partial charge in [-0.2, -0.15) is 0 Å². The molecule has 2 aliphatic rings. The van der Waals surface area contributed by atoms with Crippen molar-refractivity contribution in [3.63, 3.8) is 0 Å². The van der Waals surface area contributed by atoms with E-state index in [9.17, 15) is 9.90 Å². The van der Waals surface area contributed by atoms with Crippen molar-refractivity contribution in [2.24, 2.45) is 5.92 Å². The van der Waals surface area contributed by atoms with E-state index in [4.69, 9.17) is 4.74 Å². The van der Waals surface area contributed by atoms with Gasteiger partial charge in [0, 0.05) is 5.69 Å². The lowest BCUT2D eigenvalue weighted by molar-refractivity contribution is 0.0689. The lowest BCUT2D eigenvalue weighted by atomic mass is 9.90. The predicted octanol–water partition coefficient (Wildman–Crippen LogP) is 3.62. The van der Waals surface area contributed by atoms with Crippen molar-refractivity contribution in [2.75, 3.05) is 6.61 Å². The van der Waals surface area contributed by atoms with Crippen molar-refractivity contribution in [3.05, 3.63) is 22.9 Å². The molecule has 1 aromatic heterocycles. The Bertz CT molecular complexity index is 521. The number of hydrogen-bond acceptors (Lipinski definition) is 3. The molecule has 1 fully saturated rings. The minimum absolute atomic E-state index is 0.228. The molecule has 0 aliphatic heterocycles. The normalized spacial score (nSPS) is 19.0. The van der Waals surface area contributed by atoms with E-state index in [1.54, 1.807) is 6.07 Å². The number of nitrogens with zero attached hydrogens (tertiary/aromatic N) is 1. The van der Waals surface area contributed by atoms with Crippen LogP contribution in [0, 0.1) is 5.92 Å². The van der Waals surface area contributed by atoms with E-state index in [0.717, 1.165) is 36.9 Å². The Kier molecular flexibility index (Phi) is 4.42.